The summed E-state index contributed by atoms with van der Waals surface area (Å²) in [6.45, 7) is 0. The molecular weight excluding hydrogens is 311 g/mol. The quantitative estimate of drug-likeness (QED) is 0.488. The molecule has 52 valence electrons. The minimum Gasteiger partial charge on any atom is -0.527 e. The van der Waals surface area contributed by atoms with Crippen molar-refractivity contribution in [2.45, 2.75) is 0 Å². The van der Waals surface area contributed by atoms with Gasteiger partial charge >= 0.3 is 21.1 Å². The summed E-state index contributed by atoms with van der Waals surface area (Å²) in [6, 6.07) is 0. The summed E-state index contributed by atoms with van der Waals surface area (Å²) in [5.41, 5.74) is 0. The van der Waals surface area contributed by atoms with Gasteiger partial charge in [-0.15, -0.1) is 10.2 Å². The van der Waals surface area contributed by atoms with E-state index in [1.807, 2.05) is 0 Å². The molecule has 0 bridgehead atoms. The van der Waals surface area contributed by atoms with E-state index in [0.717, 1.165) is 0 Å². The van der Waals surface area contributed by atoms with Crippen molar-refractivity contribution in [2.24, 2.45) is 10.2 Å². The van der Waals surface area contributed by atoms with Crippen molar-refractivity contribution in [3.05, 3.63) is 0 Å². The Morgan fingerprint density at radius 3 is 1.33 bits per heavy atom. The van der Waals surface area contributed by atoms with Gasteiger partial charge in [0.15, 0.2) is 12.2 Å². The third kappa shape index (κ3) is 11.1. The maximum Gasteiger partial charge on any atom is 2.00 e. The first-order chi connectivity index (χ1) is 3.63. The van der Waals surface area contributed by atoms with Gasteiger partial charge in [0.05, 0.1) is 0 Å². The number of azo groups is 1. The van der Waals surface area contributed by atoms with Crippen LogP contribution in [0.2, 0.25) is 0 Å². The van der Waals surface area contributed by atoms with Crippen LogP contribution in [-0.2, 0) is 21.1 Å². The molecule has 0 radical (unpaired) electrons. The molecule has 0 fully saturated rings. The molecule has 7 heteroatoms. The van der Waals surface area contributed by atoms with Crippen LogP contribution in [0.5, 0.6) is 0 Å². The number of rotatable bonds is 0. The monoisotopic (exact) mass is 311 g/mol. The molecule has 0 aliphatic rings. The summed E-state index contributed by atoms with van der Waals surface area (Å²) >= 11 is 0. The van der Waals surface area contributed by atoms with E-state index in [2.05, 4.69) is 10.2 Å². The number of nitrogens with zero attached hydrogens (tertiary/aromatic N) is 2. The maximum atomic E-state index is 9.24. The molecule has 0 aromatic rings. The van der Waals surface area contributed by atoms with Crippen LogP contribution in [0.3, 0.4) is 0 Å². The first-order valence-electron chi connectivity index (χ1n) is 1.46. The first-order valence-corrected chi connectivity index (χ1v) is 1.46. The Morgan fingerprint density at radius 1 is 1.00 bits per heavy atom. The van der Waals surface area contributed by atoms with Crippen molar-refractivity contribution in [3.63, 3.8) is 0 Å². The van der Waals surface area contributed by atoms with Crippen LogP contribution in [0.1, 0.15) is 0 Å². The van der Waals surface area contributed by atoms with Crippen LogP contribution in [0.15, 0.2) is 10.2 Å². The zero-order valence-electron chi connectivity index (χ0n) is 3.84. The Bertz CT molecular complexity index is 128. The SMILES string of the molecule is O=C([O-])N=NC(=O)[O-].[Pt+2]. The van der Waals surface area contributed by atoms with Gasteiger partial charge in [-0.05, 0) is 0 Å². The summed E-state index contributed by atoms with van der Waals surface area (Å²) in [6.07, 6.45) is -3.82. The van der Waals surface area contributed by atoms with Gasteiger partial charge in [0.25, 0.3) is 0 Å². The molecule has 0 N–H and O–H groups in total. The zero-order valence-corrected chi connectivity index (χ0v) is 6.12. The van der Waals surface area contributed by atoms with E-state index in [0.29, 0.717) is 0 Å². The van der Waals surface area contributed by atoms with Gasteiger partial charge in [-0.1, -0.05) is 0 Å². The molecular formula is C2N2O4Pt. The van der Waals surface area contributed by atoms with Crippen LogP contribution in [0, 0.1) is 0 Å². The summed E-state index contributed by atoms with van der Waals surface area (Å²) in [5, 5.41) is 22.7. The van der Waals surface area contributed by atoms with E-state index < -0.39 is 12.2 Å². The first kappa shape index (κ1) is 11.1. The molecule has 0 aromatic heterocycles. The normalized spacial score (nSPS) is 8.44. The molecule has 0 spiro atoms. The number of amides is 2. The fourth-order valence-corrected chi connectivity index (χ4v) is 0.0816. The van der Waals surface area contributed by atoms with E-state index in [9.17, 15) is 19.8 Å². The van der Waals surface area contributed by atoms with Gasteiger partial charge in [0.2, 0.25) is 0 Å². The van der Waals surface area contributed by atoms with Gasteiger partial charge in [0, 0.05) is 0 Å². The number of carbonyl (C=O) groups is 2. The number of hydrogen-bond donors (Lipinski definition) is 0. The van der Waals surface area contributed by atoms with E-state index in [-0.39, 0.29) is 21.1 Å². The van der Waals surface area contributed by atoms with E-state index in [1.165, 1.54) is 0 Å². The smallest absolute Gasteiger partial charge is 0.527 e. The molecule has 9 heavy (non-hydrogen) atoms. The second kappa shape index (κ2) is 5.37. The fourth-order valence-electron chi connectivity index (χ4n) is 0.0816. The molecule has 0 aromatic carbocycles. The number of hydrogen-bond acceptors (Lipinski definition) is 4. The van der Waals surface area contributed by atoms with Gasteiger partial charge in [-0.3, -0.25) is 0 Å². The molecule has 0 saturated carbocycles. The molecule has 0 unspecified atom stereocenters. The standard InChI is InChI=1S/C2H2N2O4.Pt/c5-1(6)3-4-2(7)8;/h(H,5,6)(H,7,8);/q;+2/p-2. The van der Waals surface area contributed by atoms with Crippen LogP contribution >= 0.6 is 0 Å². The third-order valence-electron chi connectivity index (χ3n) is 0.213. The average molecular weight is 311 g/mol. The predicted molar refractivity (Wildman–Crippen MR) is 15.6 cm³/mol. The Hall–Kier alpha value is -0.772. The molecule has 2 amide bonds. The third-order valence-corrected chi connectivity index (χ3v) is 0.213. The summed E-state index contributed by atoms with van der Waals surface area (Å²) in [7, 11) is 0. The molecule has 0 heterocycles. The van der Waals surface area contributed by atoms with Crippen molar-refractivity contribution in [1.82, 2.24) is 0 Å². The van der Waals surface area contributed by atoms with Crippen LogP contribution in [0.25, 0.3) is 0 Å². The van der Waals surface area contributed by atoms with Gasteiger partial charge in [-0.2, -0.15) is 0 Å². The minimum absolute atomic E-state index is 0. The Morgan fingerprint density at radius 2 is 1.22 bits per heavy atom. The van der Waals surface area contributed by atoms with Gasteiger partial charge in [0.1, 0.15) is 0 Å². The second-order valence-electron chi connectivity index (χ2n) is 0.732. The summed E-state index contributed by atoms with van der Waals surface area (Å²) < 4.78 is 0. The summed E-state index contributed by atoms with van der Waals surface area (Å²) in [5.74, 6) is 0. The Balaban J connectivity index is 0. The topological polar surface area (TPSA) is 105 Å². The van der Waals surface area contributed by atoms with Crippen molar-refractivity contribution in [1.29, 1.82) is 0 Å². The Labute approximate surface area is 63.9 Å². The van der Waals surface area contributed by atoms with E-state index >= 15 is 0 Å². The zero-order chi connectivity index (χ0) is 6.57. The molecule has 0 saturated heterocycles. The van der Waals surface area contributed by atoms with Crippen molar-refractivity contribution in [3.8, 4) is 0 Å². The number of carboxylic acid groups (broad SMARTS) is 2. The van der Waals surface area contributed by atoms with Crippen LogP contribution < -0.4 is 10.2 Å². The van der Waals surface area contributed by atoms with E-state index in [1.54, 1.807) is 0 Å². The molecule has 0 aliphatic heterocycles. The minimum atomic E-state index is -1.91. The maximum absolute atomic E-state index is 9.24. The van der Waals surface area contributed by atoms with Crippen LogP contribution in [-0.4, -0.2) is 12.2 Å². The van der Waals surface area contributed by atoms with Gasteiger partial charge < -0.3 is 19.8 Å². The summed E-state index contributed by atoms with van der Waals surface area (Å²) in [4.78, 5) is 18.5. The van der Waals surface area contributed by atoms with Gasteiger partial charge in [-0.25, -0.2) is 0 Å². The van der Waals surface area contributed by atoms with Crippen molar-refractivity contribution >= 4 is 12.2 Å². The fraction of sp³-hybridized carbons (Fsp3) is 0. The largest absolute Gasteiger partial charge is 2.00 e. The second-order valence-corrected chi connectivity index (χ2v) is 0.732. The average Bonchev–Trinajstić information content (AvgIpc) is 1.61. The van der Waals surface area contributed by atoms with Crippen molar-refractivity contribution < 1.29 is 40.9 Å². The molecule has 0 atom stereocenters. The van der Waals surface area contributed by atoms with Crippen LogP contribution in [0.4, 0.5) is 9.59 Å². The molecule has 0 aliphatic carbocycles. The molecule has 0 rings (SSSR count). The number of carbonyl (C=O) groups excluding carboxylic acids is 2. The van der Waals surface area contributed by atoms with E-state index in [4.69, 9.17) is 0 Å². The van der Waals surface area contributed by atoms with Crippen molar-refractivity contribution in [2.75, 3.05) is 0 Å². The Kier molecular flexibility index (Phi) is 6.61. The predicted octanol–water partition coefficient (Wildman–Crippen LogP) is -1.88. The molecule has 6 nitrogen and oxygen atoms in total.